The number of thiazole rings is 1. The average molecular weight is 411 g/mol. The molecule has 2 heterocycles. The smallest absolute Gasteiger partial charge is 0.240 e. The average Bonchev–Trinajstić information content (AvgIpc) is 3.40. The van der Waals surface area contributed by atoms with Crippen LogP contribution < -0.4 is 5.73 Å². The highest BCUT2D eigenvalue weighted by Gasteiger charge is 2.34. The Labute approximate surface area is 171 Å². The molecule has 1 aliphatic rings. The predicted octanol–water partition coefficient (Wildman–Crippen LogP) is 3.96. The standard InChI is InChI=1S/C22H19F2N3OS/c23-16-6-7-19(24)18(9-16)15-8-21(14-4-2-1-3-5-14)27(11-15)22(28)20(25)10-17-12-29-13-26-17/h1-9,12-13,20-21H,10-11,25H2/t20-,21?/m0/s1. The van der Waals surface area contributed by atoms with Crippen LogP contribution in [0.4, 0.5) is 8.78 Å². The van der Waals surface area contributed by atoms with Crippen molar-refractivity contribution in [3.8, 4) is 0 Å². The summed E-state index contributed by atoms with van der Waals surface area (Å²) in [6, 6.07) is 11.6. The Morgan fingerprint density at radius 2 is 2.03 bits per heavy atom. The molecule has 1 amide bonds. The Kier molecular flexibility index (Phi) is 5.51. The lowest BCUT2D eigenvalue weighted by molar-refractivity contribution is -0.133. The Balaban J connectivity index is 1.65. The number of halogens is 2. The van der Waals surface area contributed by atoms with Gasteiger partial charge in [-0.25, -0.2) is 13.8 Å². The van der Waals surface area contributed by atoms with E-state index >= 15 is 0 Å². The van der Waals surface area contributed by atoms with Gasteiger partial charge in [0.1, 0.15) is 11.6 Å². The summed E-state index contributed by atoms with van der Waals surface area (Å²) in [5.41, 5.74) is 10.2. The third-order valence-electron chi connectivity index (χ3n) is 4.96. The van der Waals surface area contributed by atoms with E-state index in [4.69, 9.17) is 5.73 Å². The first-order valence-corrected chi connectivity index (χ1v) is 10.1. The van der Waals surface area contributed by atoms with Crippen molar-refractivity contribution in [2.75, 3.05) is 6.54 Å². The van der Waals surface area contributed by atoms with Crippen LogP contribution in [0.1, 0.15) is 22.9 Å². The van der Waals surface area contributed by atoms with Crippen LogP contribution in [0.2, 0.25) is 0 Å². The molecule has 29 heavy (non-hydrogen) atoms. The monoisotopic (exact) mass is 411 g/mol. The summed E-state index contributed by atoms with van der Waals surface area (Å²) in [5, 5.41) is 1.86. The summed E-state index contributed by atoms with van der Waals surface area (Å²) in [7, 11) is 0. The number of amides is 1. The number of benzene rings is 2. The van der Waals surface area contributed by atoms with Crippen molar-refractivity contribution in [1.29, 1.82) is 0 Å². The molecule has 4 rings (SSSR count). The number of rotatable bonds is 5. The number of carbonyl (C=O) groups excluding carboxylic acids is 1. The van der Waals surface area contributed by atoms with Gasteiger partial charge in [-0.2, -0.15) is 0 Å². The van der Waals surface area contributed by atoms with Crippen molar-refractivity contribution in [3.63, 3.8) is 0 Å². The molecule has 0 saturated carbocycles. The molecule has 2 atom stereocenters. The lowest BCUT2D eigenvalue weighted by Gasteiger charge is -2.27. The van der Waals surface area contributed by atoms with Crippen LogP contribution in [0.15, 0.2) is 65.5 Å². The van der Waals surface area contributed by atoms with Gasteiger partial charge in [-0.1, -0.05) is 36.4 Å². The van der Waals surface area contributed by atoms with Crippen LogP contribution in [0.3, 0.4) is 0 Å². The van der Waals surface area contributed by atoms with Crippen LogP contribution in [-0.4, -0.2) is 28.4 Å². The fraction of sp³-hybridized carbons (Fsp3) is 0.182. The van der Waals surface area contributed by atoms with Crippen molar-refractivity contribution in [2.45, 2.75) is 18.5 Å². The number of hydrogen-bond acceptors (Lipinski definition) is 4. The third kappa shape index (κ3) is 4.11. The quantitative estimate of drug-likeness (QED) is 0.691. The molecule has 0 bridgehead atoms. The topological polar surface area (TPSA) is 59.2 Å². The van der Waals surface area contributed by atoms with Gasteiger partial charge in [0.15, 0.2) is 0 Å². The van der Waals surface area contributed by atoms with Crippen LogP contribution in [-0.2, 0) is 11.2 Å². The van der Waals surface area contributed by atoms with Crippen molar-refractivity contribution >= 4 is 22.8 Å². The van der Waals surface area contributed by atoms with Gasteiger partial charge < -0.3 is 10.6 Å². The Bertz CT molecular complexity index is 1040. The molecule has 2 aromatic carbocycles. The number of carbonyl (C=O) groups is 1. The van der Waals surface area contributed by atoms with Gasteiger partial charge >= 0.3 is 0 Å². The molecule has 0 radical (unpaired) electrons. The molecule has 0 aliphatic carbocycles. The van der Waals surface area contributed by atoms with Gasteiger partial charge in [0.2, 0.25) is 5.91 Å². The maximum Gasteiger partial charge on any atom is 0.240 e. The SMILES string of the molecule is N[C@@H](Cc1cscn1)C(=O)N1CC(c2cc(F)ccc2F)=CC1c1ccccc1. The van der Waals surface area contributed by atoms with Crippen LogP contribution in [0, 0.1) is 11.6 Å². The highest BCUT2D eigenvalue weighted by molar-refractivity contribution is 7.07. The van der Waals surface area contributed by atoms with Gasteiger partial charge in [-0.15, -0.1) is 11.3 Å². The minimum absolute atomic E-state index is 0.156. The summed E-state index contributed by atoms with van der Waals surface area (Å²) in [6.45, 7) is 0.156. The molecule has 0 fully saturated rings. The molecule has 4 nitrogen and oxygen atoms in total. The lowest BCUT2D eigenvalue weighted by Crippen LogP contribution is -2.45. The Hall–Kier alpha value is -2.90. The second-order valence-electron chi connectivity index (χ2n) is 6.93. The van der Waals surface area contributed by atoms with E-state index in [0.717, 1.165) is 29.5 Å². The highest BCUT2D eigenvalue weighted by atomic mass is 32.1. The van der Waals surface area contributed by atoms with Gasteiger partial charge in [0, 0.05) is 23.9 Å². The molecular weight excluding hydrogens is 392 g/mol. The summed E-state index contributed by atoms with van der Waals surface area (Å²) < 4.78 is 28.1. The summed E-state index contributed by atoms with van der Waals surface area (Å²) in [5.74, 6) is -1.30. The van der Waals surface area contributed by atoms with Gasteiger partial charge in [-0.3, -0.25) is 4.79 Å². The highest BCUT2D eigenvalue weighted by Crippen LogP contribution is 2.36. The molecule has 1 aromatic heterocycles. The van der Waals surface area contributed by atoms with E-state index in [1.165, 1.54) is 11.3 Å². The molecule has 3 aromatic rings. The molecule has 1 unspecified atom stereocenters. The maximum absolute atomic E-state index is 14.3. The van der Waals surface area contributed by atoms with E-state index < -0.39 is 23.7 Å². The Morgan fingerprint density at radius 1 is 1.24 bits per heavy atom. The molecule has 0 spiro atoms. The zero-order valence-corrected chi connectivity index (χ0v) is 16.3. The van der Waals surface area contributed by atoms with E-state index in [1.54, 1.807) is 16.5 Å². The summed E-state index contributed by atoms with van der Waals surface area (Å²) in [6.07, 6.45) is 2.13. The van der Waals surface area contributed by atoms with Crippen LogP contribution >= 0.6 is 11.3 Å². The van der Waals surface area contributed by atoms with Crippen molar-refractivity contribution in [2.24, 2.45) is 5.73 Å². The number of nitrogens with two attached hydrogens (primary N) is 1. The maximum atomic E-state index is 14.3. The van der Waals surface area contributed by atoms with E-state index in [1.807, 2.05) is 35.7 Å². The number of nitrogens with zero attached hydrogens (tertiary/aromatic N) is 2. The molecule has 1 aliphatic heterocycles. The predicted molar refractivity (Wildman–Crippen MR) is 109 cm³/mol. The first-order chi connectivity index (χ1) is 14.0. The summed E-state index contributed by atoms with van der Waals surface area (Å²) in [4.78, 5) is 19.0. The van der Waals surface area contributed by atoms with Crippen LogP contribution in [0.25, 0.3) is 5.57 Å². The van der Waals surface area contributed by atoms with Crippen molar-refractivity contribution in [1.82, 2.24) is 9.88 Å². The fourth-order valence-electron chi connectivity index (χ4n) is 3.54. The van der Waals surface area contributed by atoms with Crippen LogP contribution in [0.5, 0.6) is 0 Å². The van der Waals surface area contributed by atoms with E-state index in [9.17, 15) is 13.6 Å². The number of aromatic nitrogens is 1. The van der Waals surface area contributed by atoms with E-state index in [-0.39, 0.29) is 18.0 Å². The minimum Gasteiger partial charge on any atom is -0.326 e. The molecular formula is C22H19F2N3OS. The zero-order valence-electron chi connectivity index (χ0n) is 15.5. The summed E-state index contributed by atoms with van der Waals surface area (Å²) >= 11 is 1.44. The largest absolute Gasteiger partial charge is 0.326 e. The fourth-order valence-corrected chi connectivity index (χ4v) is 4.11. The number of hydrogen-bond donors (Lipinski definition) is 1. The second-order valence-corrected chi connectivity index (χ2v) is 7.65. The Morgan fingerprint density at radius 3 is 2.76 bits per heavy atom. The minimum atomic E-state index is -0.770. The third-order valence-corrected chi connectivity index (χ3v) is 5.60. The van der Waals surface area contributed by atoms with E-state index in [0.29, 0.717) is 12.0 Å². The first kappa shape index (κ1) is 19.4. The second kappa shape index (κ2) is 8.23. The van der Waals surface area contributed by atoms with Gasteiger partial charge in [-0.05, 0) is 29.3 Å². The van der Waals surface area contributed by atoms with Gasteiger partial charge in [0.25, 0.3) is 0 Å². The molecule has 7 heteroatoms. The van der Waals surface area contributed by atoms with Crippen molar-refractivity contribution in [3.05, 3.63) is 94.0 Å². The zero-order chi connectivity index (χ0) is 20.4. The van der Waals surface area contributed by atoms with Crippen molar-refractivity contribution < 1.29 is 13.6 Å². The first-order valence-electron chi connectivity index (χ1n) is 9.17. The molecule has 2 N–H and O–H groups in total. The molecule has 148 valence electrons. The van der Waals surface area contributed by atoms with Gasteiger partial charge in [0.05, 0.1) is 23.3 Å². The molecule has 0 saturated heterocycles. The lowest BCUT2D eigenvalue weighted by atomic mass is 10.0. The van der Waals surface area contributed by atoms with E-state index in [2.05, 4.69) is 4.98 Å². The normalized spacial score (nSPS) is 17.3.